The zero-order chi connectivity index (χ0) is 17.6. The number of morpholine rings is 1. The first kappa shape index (κ1) is 17.0. The third kappa shape index (κ3) is 4.36. The summed E-state index contributed by atoms with van der Waals surface area (Å²) in [4.78, 5) is 14.4. The molecule has 1 aliphatic heterocycles. The number of nitrogen functional groups attached to an aromatic ring is 1. The number of hydrazone groups is 1. The van der Waals surface area contributed by atoms with E-state index in [9.17, 15) is 4.79 Å². The summed E-state index contributed by atoms with van der Waals surface area (Å²) in [5.74, 6) is -0.260. The molecule has 2 aromatic rings. The molecule has 0 unspecified atom stereocenters. The minimum atomic E-state index is -0.260. The van der Waals surface area contributed by atoms with Crippen molar-refractivity contribution in [1.29, 1.82) is 0 Å². The fourth-order valence-electron chi connectivity index (χ4n) is 2.63. The van der Waals surface area contributed by atoms with E-state index in [-0.39, 0.29) is 5.91 Å². The standard InChI is InChI=1S/C19H22N4O2/c1-14(21-22-19(24)16-2-6-17(20)7-3-16)15-4-8-18(9-5-15)23-10-12-25-13-11-23/h2-9H,10-13,20H2,1H3,(H,22,24). The van der Waals surface area contributed by atoms with Gasteiger partial charge in [-0.15, -0.1) is 0 Å². The molecule has 6 nitrogen and oxygen atoms in total. The lowest BCUT2D eigenvalue weighted by Crippen LogP contribution is -2.36. The lowest BCUT2D eigenvalue weighted by molar-refractivity contribution is 0.0955. The molecule has 1 amide bonds. The Morgan fingerprint density at radius 3 is 2.28 bits per heavy atom. The average molecular weight is 338 g/mol. The van der Waals surface area contributed by atoms with Gasteiger partial charge in [-0.3, -0.25) is 4.79 Å². The van der Waals surface area contributed by atoms with Gasteiger partial charge < -0.3 is 15.4 Å². The molecular formula is C19H22N4O2. The van der Waals surface area contributed by atoms with Crippen LogP contribution in [-0.2, 0) is 4.74 Å². The summed E-state index contributed by atoms with van der Waals surface area (Å²) in [6.07, 6.45) is 0. The van der Waals surface area contributed by atoms with Crippen LogP contribution in [0, 0.1) is 0 Å². The van der Waals surface area contributed by atoms with E-state index in [4.69, 9.17) is 10.5 Å². The van der Waals surface area contributed by atoms with E-state index in [1.165, 1.54) is 5.69 Å². The van der Waals surface area contributed by atoms with Crippen LogP contribution >= 0.6 is 0 Å². The lowest BCUT2D eigenvalue weighted by atomic mass is 10.1. The van der Waals surface area contributed by atoms with Crippen LogP contribution in [0.4, 0.5) is 11.4 Å². The van der Waals surface area contributed by atoms with Gasteiger partial charge in [0.1, 0.15) is 0 Å². The molecule has 1 heterocycles. The second-order valence-corrected chi connectivity index (χ2v) is 5.91. The fraction of sp³-hybridized carbons (Fsp3) is 0.263. The summed E-state index contributed by atoms with van der Waals surface area (Å²) in [6.45, 7) is 5.21. The molecule has 1 fully saturated rings. The number of hydrogen-bond acceptors (Lipinski definition) is 5. The molecule has 1 saturated heterocycles. The van der Waals surface area contributed by atoms with Crippen LogP contribution in [0.2, 0.25) is 0 Å². The number of carbonyl (C=O) groups excluding carboxylic acids is 1. The van der Waals surface area contributed by atoms with Crippen LogP contribution in [0.1, 0.15) is 22.8 Å². The zero-order valence-corrected chi connectivity index (χ0v) is 14.2. The summed E-state index contributed by atoms with van der Waals surface area (Å²) >= 11 is 0. The highest BCUT2D eigenvalue weighted by Crippen LogP contribution is 2.17. The molecule has 6 heteroatoms. The van der Waals surface area contributed by atoms with Crippen molar-refractivity contribution in [2.24, 2.45) is 5.10 Å². The van der Waals surface area contributed by atoms with Crippen molar-refractivity contribution < 1.29 is 9.53 Å². The van der Waals surface area contributed by atoms with Gasteiger partial charge in [-0.05, 0) is 48.9 Å². The maximum absolute atomic E-state index is 12.1. The molecule has 0 spiro atoms. The van der Waals surface area contributed by atoms with E-state index in [2.05, 4.69) is 27.6 Å². The Labute approximate surface area is 147 Å². The number of benzene rings is 2. The monoisotopic (exact) mass is 338 g/mol. The van der Waals surface area contributed by atoms with Gasteiger partial charge >= 0.3 is 0 Å². The van der Waals surface area contributed by atoms with Gasteiger partial charge in [0.05, 0.1) is 18.9 Å². The van der Waals surface area contributed by atoms with Crippen molar-refractivity contribution in [3.63, 3.8) is 0 Å². The zero-order valence-electron chi connectivity index (χ0n) is 14.2. The Balaban J connectivity index is 1.63. The Morgan fingerprint density at radius 2 is 1.64 bits per heavy atom. The SMILES string of the molecule is CC(=NNC(=O)c1ccc(N)cc1)c1ccc(N2CCOCC2)cc1. The van der Waals surface area contributed by atoms with Gasteiger partial charge in [-0.2, -0.15) is 5.10 Å². The minimum Gasteiger partial charge on any atom is -0.399 e. The molecule has 25 heavy (non-hydrogen) atoms. The van der Waals surface area contributed by atoms with E-state index in [1.807, 2.05) is 19.1 Å². The van der Waals surface area contributed by atoms with Crippen LogP contribution in [0.15, 0.2) is 53.6 Å². The quantitative estimate of drug-likeness (QED) is 0.509. The first-order valence-electron chi connectivity index (χ1n) is 8.27. The van der Waals surface area contributed by atoms with Gasteiger partial charge in [-0.25, -0.2) is 5.43 Å². The highest BCUT2D eigenvalue weighted by Gasteiger charge is 2.11. The number of hydrogen-bond donors (Lipinski definition) is 2. The summed E-state index contributed by atoms with van der Waals surface area (Å²) in [7, 11) is 0. The molecule has 0 radical (unpaired) electrons. The Morgan fingerprint density at radius 1 is 1.04 bits per heavy atom. The number of rotatable bonds is 4. The molecule has 0 saturated carbocycles. The average Bonchev–Trinajstić information content (AvgIpc) is 2.67. The number of nitrogens with one attached hydrogen (secondary N) is 1. The van der Waals surface area contributed by atoms with Crippen LogP contribution in [0.3, 0.4) is 0 Å². The Bertz CT molecular complexity index is 748. The first-order chi connectivity index (χ1) is 12.1. The Hall–Kier alpha value is -2.86. The number of anilines is 2. The van der Waals surface area contributed by atoms with Gasteiger partial charge in [0, 0.05) is 30.0 Å². The second kappa shape index (κ2) is 7.81. The lowest BCUT2D eigenvalue weighted by Gasteiger charge is -2.28. The highest BCUT2D eigenvalue weighted by molar-refractivity contribution is 6.01. The van der Waals surface area contributed by atoms with Crippen molar-refractivity contribution in [1.82, 2.24) is 5.43 Å². The number of ether oxygens (including phenoxy) is 1. The number of carbonyl (C=O) groups is 1. The first-order valence-corrected chi connectivity index (χ1v) is 8.27. The van der Waals surface area contributed by atoms with Crippen molar-refractivity contribution in [2.75, 3.05) is 36.9 Å². The summed E-state index contributed by atoms with van der Waals surface area (Å²) in [5.41, 5.74) is 12.2. The predicted octanol–water partition coefficient (Wildman–Crippen LogP) is 2.26. The number of amides is 1. The van der Waals surface area contributed by atoms with Crippen molar-refractivity contribution in [3.8, 4) is 0 Å². The third-order valence-corrected chi connectivity index (χ3v) is 4.16. The molecular weight excluding hydrogens is 316 g/mol. The highest BCUT2D eigenvalue weighted by atomic mass is 16.5. The smallest absolute Gasteiger partial charge is 0.271 e. The fourth-order valence-corrected chi connectivity index (χ4v) is 2.63. The van der Waals surface area contributed by atoms with E-state index in [0.29, 0.717) is 11.3 Å². The summed E-state index contributed by atoms with van der Waals surface area (Å²) in [5, 5.41) is 4.19. The molecule has 0 atom stereocenters. The summed E-state index contributed by atoms with van der Waals surface area (Å²) in [6, 6.07) is 14.9. The second-order valence-electron chi connectivity index (χ2n) is 5.91. The molecule has 3 rings (SSSR count). The molecule has 2 aromatic carbocycles. The number of nitrogens with two attached hydrogens (primary N) is 1. The molecule has 0 aromatic heterocycles. The Kier molecular flexibility index (Phi) is 5.30. The normalized spacial score (nSPS) is 15.1. The molecule has 0 aliphatic carbocycles. The van der Waals surface area contributed by atoms with Crippen molar-refractivity contribution >= 4 is 23.0 Å². The largest absolute Gasteiger partial charge is 0.399 e. The van der Waals surface area contributed by atoms with E-state index >= 15 is 0 Å². The minimum absolute atomic E-state index is 0.260. The summed E-state index contributed by atoms with van der Waals surface area (Å²) < 4.78 is 5.37. The van der Waals surface area contributed by atoms with Gasteiger partial charge in [0.25, 0.3) is 5.91 Å². The van der Waals surface area contributed by atoms with Crippen molar-refractivity contribution in [3.05, 3.63) is 59.7 Å². The van der Waals surface area contributed by atoms with E-state index in [0.717, 1.165) is 37.6 Å². The van der Waals surface area contributed by atoms with E-state index in [1.54, 1.807) is 24.3 Å². The van der Waals surface area contributed by atoms with E-state index < -0.39 is 0 Å². The number of nitrogens with zero attached hydrogens (tertiary/aromatic N) is 2. The van der Waals surface area contributed by atoms with Gasteiger partial charge in [-0.1, -0.05) is 12.1 Å². The molecule has 3 N–H and O–H groups in total. The van der Waals surface area contributed by atoms with Crippen LogP contribution in [0.25, 0.3) is 0 Å². The molecule has 1 aliphatic rings. The molecule has 130 valence electrons. The van der Waals surface area contributed by atoms with Crippen LogP contribution in [-0.4, -0.2) is 37.9 Å². The maximum atomic E-state index is 12.1. The van der Waals surface area contributed by atoms with Crippen LogP contribution in [0.5, 0.6) is 0 Å². The maximum Gasteiger partial charge on any atom is 0.271 e. The molecule has 0 bridgehead atoms. The van der Waals surface area contributed by atoms with Gasteiger partial charge in [0.15, 0.2) is 0 Å². The van der Waals surface area contributed by atoms with Gasteiger partial charge in [0.2, 0.25) is 0 Å². The van der Waals surface area contributed by atoms with Crippen LogP contribution < -0.4 is 16.1 Å². The van der Waals surface area contributed by atoms with Crippen molar-refractivity contribution in [2.45, 2.75) is 6.92 Å². The predicted molar refractivity (Wildman–Crippen MR) is 100 cm³/mol. The topological polar surface area (TPSA) is 80.0 Å². The third-order valence-electron chi connectivity index (χ3n) is 4.16.